The summed E-state index contributed by atoms with van der Waals surface area (Å²) >= 11 is 0. The van der Waals surface area contributed by atoms with Gasteiger partial charge in [-0.2, -0.15) is 0 Å². The predicted molar refractivity (Wildman–Crippen MR) is 62.4 cm³/mol. The van der Waals surface area contributed by atoms with Gasteiger partial charge in [0.05, 0.1) is 5.54 Å². The molecule has 16 heavy (non-hydrogen) atoms. The largest absolute Gasteiger partial charge is 0.465 e. The molecule has 0 spiro atoms. The second kappa shape index (κ2) is 4.00. The lowest BCUT2D eigenvalue weighted by molar-refractivity contribution is 0.176. The van der Waals surface area contributed by atoms with Gasteiger partial charge in [0.15, 0.2) is 0 Å². The van der Waals surface area contributed by atoms with E-state index in [0.717, 1.165) is 18.4 Å². The number of amides is 1. The number of carbonyl (C=O) groups is 1. The van der Waals surface area contributed by atoms with Crippen molar-refractivity contribution in [2.75, 3.05) is 0 Å². The van der Waals surface area contributed by atoms with Gasteiger partial charge in [-0.3, -0.25) is 0 Å². The molecule has 1 aromatic rings. The fourth-order valence-electron chi connectivity index (χ4n) is 2.53. The average molecular weight is 217 g/mol. The molecular formula is C13H15NO2. The van der Waals surface area contributed by atoms with Crippen LogP contribution in [0.4, 0.5) is 4.79 Å². The highest BCUT2D eigenvalue weighted by molar-refractivity contribution is 5.67. The van der Waals surface area contributed by atoms with Crippen molar-refractivity contribution in [3.8, 4) is 0 Å². The minimum atomic E-state index is -0.974. The van der Waals surface area contributed by atoms with Crippen molar-refractivity contribution in [2.45, 2.75) is 24.8 Å². The average Bonchev–Trinajstić information content (AvgIpc) is 2.58. The van der Waals surface area contributed by atoms with Crippen molar-refractivity contribution in [1.82, 2.24) is 5.32 Å². The van der Waals surface area contributed by atoms with E-state index in [0.29, 0.717) is 6.42 Å². The number of fused-ring (bicyclic) bond motifs is 1. The summed E-state index contributed by atoms with van der Waals surface area (Å²) in [5.74, 6) is 0. The minimum Gasteiger partial charge on any atom is -0.465 e. The molecule has 1 unspecified atom stereocenters. The Morgan fingerprint density at radius 3 is 3.00 bits per heavy atom. The van der Waals surface area contributed by atoms with Crippen LogP contribution in [0.1, 0.15) is 24.0 Å². The fourth-order valence-corrected chi connectivity index (χ4v) is 2.53. The molecule has 0 aliphatic heterocycles. The zero-order valence-electron chi connectivity index (χ0n) is 9.07. The Labute approximate surface area is 94.8 Å². The Hall–Kier alpha value is -1.77. The molecule has 3 nitrogen and oxygen atoms in total. The Morgan fingerprint density at radius 2 is 2.31 bits per heavy atom. The maximum Gasteiger partial charge on any atom is 0.405 e. The number of nitrogens with one attached hydrogen (secondary N) is 1. The van der Waals surface area contributed by atoms with Crippen LogP contribution in [0.5, 0.6) is 0 Å². The lowest BCUT2D eigenvalue weighted by atomic mass is 9.88. The van der Waals surface area contributed by atoms with Crippen LogP contribution < -0.4 is 5.32 Å². The lowest BCUT2D eigenvalue weighted by Crippen LogP contribution is -2.43. The highest BCUT2D eigenvalue weighted by Crippen LogP contribution is 2.39. The van der Waals surface area contributed by atoms with E-state index in [1.807, 2.05) is 18.2 Å². The first-order chi connectivity index (χ1) is 7.68. The maximum absolute atomic E-state index is 10.9. The summed E-state index contributed by atoms with van der Waals surface area (Å²) in [6, 6.07) is 8.00. The number of hydrogen-bond donors (Lipinski definition) is 2. The van der Waals surface area contributed by atoms with Crippen molar-refractivity contribution in [3.05, 3.63) is 48.0 Å². The number of hydrogen-bond acceptors (Lipinski definition) is 1. The molecular weight excluding hydrogens is 202 g/mol. The topological polar surface area (TPSA) is 49.3 Å². The van der Waals surface area contributed by atoms with Crippen LogP contribution in [-0.4, -0.2) is 11.2 Å². The van der Waals surface area contributed by atoms with Crippen LogP contribution in [0.3, 0.4) is 0 Å². The zero-order valence-corrected chi connectivity index (χ0v) is 9.07. The van der Waals surface area contributed by atoms with E-state index in [-0.39, 0.29) is 0 Å². The van der Waals surface area contributed by atoms with Crippen LogP contribution in [0.15, 0.2) is 36.9 Å². The van der Waals surface area contributed by atoms with Crippen molar-refractivity contribution in [3.63, 3.8) is 0 Å². The quantitative estimate of drug-likeness (QED) is 0.765. The first kappa shape index (κ1) is 10.7. The number of aryl methyl sites for hydroxylation is 1. The molecule has 0 saturated heterocycles. The third kappa shape index (κ3) is 1.69. The standard InChI is InChI=1S/C13H15NO2/c1-2-8-13(14-12(15)16)9-7-10-5-3-4-6-11(10)13/h2-6,14H,1,7-9H2,(H,15,16). The van der Waals surface area contributed by atoms with Gasteiger partial charge in [-0.25, -0.2) is 4.79 Å². The Bertz CT molecular complexity index is 428. The van der Waals surface area contributed by atoms with Crippen LogP contribution >= 0.6 is 0 Å². The molecule has 0 fully saturated rings. The third-order valence-corrected chi connectivity index (χ3v) is 3.19. The van der Waals surface area contributed by atoms with Gasteiger partial charge in [0, 0.05) is 0 Å². The summed E-state index contributed by atoms with van der Waals surface area (Å²) in [5, 5.41) is 11.6. The number of rotatable bonds is 3. The zero-order chi connectivity index (χ0) is 11.6. The summed E-state index contributed by atoms with van der Waals surface area (Å²) in [4.78, 5) is 10.9. The summed E-state index contributed by atoms with van der Waals surface area (Å²) in [6.07, 6.45) is 3.17. The van der Waals surface area contributed by atoms with Gasteiger partial charge >= 0.3 is 6.09 Å². The summed E-state index contributed by atoms with van der Waals surface area (Å²) in [6.45, 7) is 3.72. The molecule has 0 bridgehead atoms. The highest BCUT2D eigenvalue weighted by atomic mass is 16.4. The molecule has 1 amide bonds. The second-order valence-electron chi connectivity index (χ2n) is 4.16. The van der Waals surface area contributed by atoms with Gasteiger partial charge in [0.25, 0.3) is 0 Å². The van der Waals surface area contributed by atoms with E-state index in [1.54, 1.807) is 6.08 Å². The Morgan fingerprint density at radius 1 is 1.56 bits per heavy atom. The van der Waals surface area contributed by atoms with Gasteiger partial charge in [0.2, 0.25) is 0 Å². The second-order valence-corrected chi connectivity index (χ2v) is 4.16. The van der Waals surface area contributed by atoms with E-state index >= 15 is 0 Å². The normalized spacial score (nSPS) is 22.5. The van der Waals surface area contributed by atoms with Crippen LogP contribution in [0.2, 0.25) is 0 Å². The van der Waals surface area contributed by atoms with Gasteiger partial charge < -0.3 is 10.4 Å². The molecule has 0 heterocycles. The van der Waals surface area contributed by atoms with E-state index in [2.05, 4.69) is 18.0 Å². The number of carboxylic acid groups (broad SMARTS) is 1. The maximum atomic E-state index is 10.9. The molecule has 0 radical (unpaired) electrons. The monoisotopic (exact) mass is 217 g/mol. The van der Waals surface area contributed by atoms with Gasteiger partial charge in [0.1, 0.15) is 0 Å². The molecule has 0 saturated carbocycles. The molecule has 0 aromatic heterocycles. The summed E-state index contributed by atoms with van der Waals surface area (Å²) in [7, 11) is 0. The Balaban J connectivity index is 2.42. The lowest BCUT2D eigenvalue weighted by Gasteiger charge is -2.29. The molecule has 1 atom stereocenters. The SMILES string of the molecule is C=CCC1(NC(=O)O)CCc2ccccc21. The molecule has 1 aromatic carbocycles. The van der Waals surface area contributed by atoms with Crippen molar-refractivity contribution in [2.24, 2.45) is 0 Å². The predicted octanol–water partition coefficient (Wildman–Crippen LogP) is 2.67. The molecule has 1 aliphatic carbocycles. The molecule has 84 valence electrons. The van der Waals surface area contributed by atoms with Crippen LogP contribution in [0.25, 0.3) is 0 Å². The molecule has 1 aliphatic rings. The first-order valence-corrected chi connectivity index (χ1v) is 5.38. The smallest absolute Gasteiger partial charge is 0.405 e. The van der Waals surface area contributed by atoms with Crippen LogP contribution in [-0.2, 0) is 12.0 Å². The first-order valence-electron chi connectivity index (χ1n) is 5.38. The van der Waals surface area contributed by atoms with E-state index in [1.165, 1.54) is 5.56 Å². The van der Waals surface area contributed by atoms with Crippen LogP contribution in [0, 0.1) is 0 Å². The highest BCUT2D eigenvalue weighted by Gasteiger charge is 2.38. The molecule has 2 rings (SSSR count). The van der Waals surface area contributed by atoms with Gasteiger partial charge in [-0.1, -0.05) is 30.3 Å². The van der Waals surface area contributed by atoms with Crippen molar-refractivity contribution < 1.29 is 9.90 Å². The molecule has 2 N–H and O–H groups in total. The van der Waals surface area contributed by atoms with E-state index in [4.69, 9.17) is 5.11 Å². The van der Waals surface area contributed by atoms with Crippen molar-refractivity contribution >= 4 is 6.09 Å². The Kier molecular flexibility index (Phi) is 2.69. The fraction of sp³-hybridized carbons (Fsp3) is 0.308. The van der Waals surface area contributed by atoms with Gasteiger partial charge in [-0.15, -0.1) is 6.58 Å². The van der Waals surface area contributed by atoms with Crippen molar-refractivity contribution in [1.29, 1.82) is 0 Å². The van der Waals surface area contributed by atoms with Gasteiger partial charge in [-0.05, 0) is 30.4 Å². The number of benzene rings is 1. The third-order valence-electron chi connectivity index (χ3n) is 3.19. The van der Waals surface area contributed by atoms with E-state index in [9.17, 15) is 4.79 Å². The minimum absolute atomic E-state index is 0.468. The summed E-state index contributed by atoms with van der Waals surface area (Å²) < 4.78 is 0. The summed E-state index contributed by atoms with van der Waals surface area (Å²) in [5.41, 5.74) is 1.86. The van der Waals surface area contributed by atoms with E-state index < -0.39 is 11.6 Å². The molecule has 3 heteroatoms.